The molecule has 124 valence electrons. The number of carbonyl (C=O) groups is 1. The highest BCUT2D eigenvalue weighted by molar-refractivity contribution is 7.09. The summed E-state index contributed by atoms with van der Waals surface area (Å²) >= 11 is 1.82. The molecule has 1 saturated heterocycles. The number of hydrogen-bond acceptors (Lipinski definition) is 3. The predicted octanol–water partition coefficient (Wildman–Crippen LogP) is 3.43. The van der Waals surface area contributed by atoms with Crippen LogP contribution >= 0.6 is 11.3 Å². The summed E-state index contributed by atoms with van der Waals surface area (Å²) in [7, 11) is 1.91. The van der Waals surface area contributed by atoms with E-state index in [0.717, 1.165) is 44.2 Å². The first-order valence-corrected chi connectivity index (χ1v) is 9.40. The van der Waals surface area contributed by atoms with Crippen LogP contribution in [0.5, 0.6) is 0 Å². The Hall–Kier alpha value is -1.62. The van der Waals surface area contributed by atoms with E-state index in [0.29, 0.717) is 18.4 Å². The molecule has 2 aromatic rings. The van der Waals surface area contributed by atoms with Crippen molar-refractivity contribution < 1.29 is 4.79 Å². The van der Waals surface area contributed by atoms with Crippen molar-refractivity contribution in [1.82, 2.24) is 14.7 Å². The number of nitrogens with zero attached hydrogens (tertiary/aromatic N) is 3. The van der Waals surface area contributed by atoms with Gasteiger partial charge < -0.3 is 4.90 Å². The summed E-state index contributed by atoms with van der Waals surface area (Å²) in [5.41, 5.74) is 1.15. The van der Waals surface area contributed by atoms with Gasteiger partial charge in [-0.3, -0.25) is 9.48 Å². The molecule has 23 heavy (non-hydrogen) atoms. The monoisotopic (exact) mass is 331 g/mol. The Morgan fingerprint density at radius 3 is 3.04 bits per heavy atom. The Morgan fingerprint density at radius 1 is 1.39 bits per heavy atom. The second-order valence-electron chi connectivity index (χ2n) is 6.38. The van der Waals surface area contributed by atoms with E-state index in [1.807, 2.05) is 30.8 Å². The number of rotatable bonds is 6. The summed E-state index contributed by atoms with van der Waals surface area (Å²) in [5, 5.41) is 6.30. The average molecular weight is 331 g/mol. The van der Waals surface area contributed by atoms with Crippen LogP contribution in [0.15, 0.2) is 29.9 Å². The number of thiophene rings is 1. The molecule has 0 spiro atoms. The maximum atomic E-state index is 12.7. The topological polar surface area (TPSA) is 38.1 Å². The number of carbonyl (C=O) groups excluding carboxylic acids is 1. The second-order valence-corrected chi connectivity index (χ2v) is 7.41. The molecule has 0 aromatic carbocycles. The number of piperidine rings is 1. The standard InChI is InChI=1S/C18H25N3OS/c1-20-14-15(13-19-20)7-10-18(22)21-11-3-2-5-16(21)8-9-17-6-4-12-23-17/h4,6,12-14,16H,2-3,5,7-11H2,1H3. The maximum absolute atomic E-state index is 12.7. The summed E-state index contributed by atoms with van der Waals surface area (Å²) in [6.45, 7) is 0.932. The van der Waals surface area contributed by atoms with Gasteiger partial charge in [0.05, 0.1) is 6.20 Å². The summed E-state index contributed by atoms with van der Waals surface area (Å²) in [6.07, 6.45) is 11.0. The molecule has 3 heterocycles. The fourth-order valence-corrected chi connectivity index (χ4v) is 4.11. The van der Waals surface area contributed by atoms with Gasteiger partial charge in [0.25, 0.3) is 0 Å². The smallest absolute Gasteiger partial charge is 0.223 e. The number of aromatic nitrogens is 2. The molecule has 1 aliphatic rings. The lowest BCUT2D eigenvalue weighted by molar-refractivity contribution is -0.135. The van der Waals surface area contributed by atoms with Gasteiger partial charge in [-0.25, -0.2) is 0 Å². The highest BCUT2D eigenvalue weighted by Crippen LogP contribution is 2.23. The molecule has 2 aromatic heterocycles. The number of likely N-dealkylation sites (tertiary alicyclic amines) is 1. The minimum Gasteiger partial charge on any atom is -0.340 e. The van der Waals surface area contributed by atoms with Crippen molar-refractivity contribution in [2.24, 2.45) is 7.05 Å². The van der Waals surface area contributed by atoms with Gasteiger partial charge in [0.1, 0.15) is 0 Å². The van der Waals surface area contributed by atoms with Gasteiger partial charge in [0.15, 0.2) is 0 Å². The van der Waals surface area contributed by atoms with Crippen LogP contribution in [0.3, 0.4) is 0 Å². The van der Waals surface area contributed by atoms with E-state index in [1.165, 1.54) is 11.3 Å². The molecular formula is C18H25N3OS. The van der Waals surface area contributed by atoms with Crippen LogP contribution in [-0.4, -0.2) is 33.2 Å². The minimum absolute atomic E-state index is 0.310. The number of aryl methyl sites for hydroxylation is 3. The molecule has 0 saturated carbocycles. The molecule has 0 radical (unpaired) electrons. The van der Waals surface area contributed by atoms with Crippen molar-refractivity contribution in [3.63, 3.8) is 0 Å². The Balaban J connectivity index is 1.53. The van der Waals surface area contributed by atoms with Crippen LogP contribution in [0, 0.1) is 0 Å². The predicted molar refractivity (Wildman–Crippen MR) is 93.5 cm³/mol. The molecule has 3 rings (SSSR count). The molecule has 0 N–H and O–H groups in total. The zero-order valence-corrected chi connectivity index (χ0v) is 14.6. The summed E-state index contributed by atoms with van der Waals surface area (Å²) in [6, 6.07) is 4.73. The third-order valence-corrected chi connectivity index (χ3v) is 5.57. The zero-order chi connectivity index (χ0) is 16.1. The van der Waals surface area contributed by atoms with Crippen molar-refractivity contribution in [2.45, 2.75) is 51.0 Å². The van der Waals surface area contributed by atoms with Gasteiger partial charge >= 0.3 is 0 Å². The lowest BCUT2D eigenvalue weighted by Crippen LogP contribution is -2.44. The fraction of sp³-hybridized carbons (Fsp3) is 0.556. The van der Waals surface area contributed by atoms with Gasteiger partial charge in [-0.05, 0) is 55.5 Å². The van der Waals surface area contributed by atoms with Gasteiger partial charge in [-0.1, -0.05) is 6.07 Å². The third kappa shape index (κ3) is 4.44. The van der Waals surface area contributed by atoms with Crippen molar-refractivity contribution in [3.05, 3.63) is 40.3 Å². The van der Waals surface area contributed by atoms with Gasteiger partial charge in [0, 0.05) is 37.1 Å². The minimum atomic E-state index is 0.310. The fourth-order valence-electron chi connectivity index (χ4n) is 3.39. The molecule has 0 aliphatic carbocycles. The van der Waals surface area contributed by atoms with E-state index in [4.69, 9.17) is 0 Å². The molecule has 4 nitrogen and oxygen atoms in total. The van der Waals surface area contributed by atoms with Crippen LogP contribution in [0.4, 0.5) is 0 Å². The first-order valence-electron chi connectivity index (χ1n) is 8.52. The van der Waals surface area contributed by atoms with E-state index in [1.54, 1.807) is 4.68 Å². The Kier molecular flexibility index (Phi) is 5.49. The van der Waals surface area contributed by atoms with Gasteiger partial charge in [-0.2, -0.15) is 5.10 Å². The lowest BCUT2D eigenvalue weighted by atomic mass is 9.97. The summed E-state index contributed by atoms with van der Waals surface area (Å²) in [4.78, 5) is 16.2. The number of hydrogen-bond donors (Lipinski definition) is 0. The van der Waals surface area contributed by atoms with Crippen LogP contribution in [0.25, 0.3) is 0 Å². The Morgan fingerprint density at radius 2 is 2.30 bits per heavy atom. The highest BCUT2D eigenvalue weighted by atomic mass is 32.1. The third-order valence-electron chi connectivity index (χ3n) is 4.64. The maximum Gasteiger partial charge on any atom is 0.223 e. The van der Waals surface area contributed by atoms with Crippen molar-refractivity contribution >= 4 is 17.2 Å². The van der Waals surface area contributed by atoms with E-state index in [9.17, 15) is 4.79 Å². The van der Waals surface area contributed by atoms with Crippen LogP contribution in [0.1, 0.15) is 42.5 Å². The van der Waals surface area contributed by atoms with E-state index in [2.05, 4.69) is 27.5 Å². The van der Waals surface area contributed by atoms with E-state index >= 15 is 0 Å². The van der Waals surface area contributed by atoms with Crippen molar-refractivity contribution in [1.29, 1.82) is 0 Å². The highest BCUT2D eigenvalue weighted by Gasteiger charge is 2.26. The van der Waals surface area contributed by atoms with Gasteiger partial charge in [-0.15, -0.1) is 11.3 Å². The lowest BCUT2D eigenvalue weighted by Gasteiger charge is -2.36. The normalized spacial score (nSPS) is 18.3. The summed E-state index contributed by atoms with van der Waals surface area (Å²) < 4.78 is 1.80. The van der Waals surface area contributed by atoms with Crippen molar-refractivity contribution in [2.75, 3.05) is 6.54 Å². The molecule has 0 bridgehead atoms. The number of amides is 1. The molecular weight excluding hydrogens is 306 g/mol. The molecule has 1 aliphatic heterocycles. The zero-order valence-electron chi connectivity index (χ0n) is 13.8. The van der Waals surface area contributed by atoms with Crippen LogP contribution in [-0.2, 0) is 24.7 Å². The second kappa shape index (κ2) is 7.77. The SMILES string of the molecule is Cn1cc(CCC(=O)N2CCCCC2CCc2cccs2)cn1. The average Bonchev–Trinajstić information content (AvgIpc) is 3.22. The van der Waals surface area contributed by atoms with Crippen molar-refractivity contribution in [3.8, 4) is 0 Å². The van der Waals surface area contributed by atoms with E-state index < -0.39 is 0 Å². The van der Waals surface area contributed by atoms with Gasteiger partial charge in [0.2, 0.25) is 5.91 Å². The largest absolute Gasteiger partial charge is 0.340 e. The molecule has 1 atom stereocenters. The Labute approximate surface area is 142 Å². The molecule has 1 unspecified atom stereocenters. The first-order chi connectivity index (χ1) is 11.2. The Bertz CT molecular complexity index is 620. The summed E-state index contributed by atoms with van der Waals surface area (Å²) in [5.74, 6) is 0.310. The quantitative estimate of drug-likeness (QED) is 0.813. The molecule has 1 amide bonds. The van der Waals surface area contributed by atoms with Crippen LogP contribution in [0.2, 0.25) is 0 Å². The molecule has 5 heteroatoms. The molecule has 1 fully saturated rings. The van der Waals surface area contributed by atoms with E-state index in [-0.39, 0.29) is 0 Å². The first kappa shape index (κ1) is 16.2. The van der Waals surface area contributed by atoms with Crippen LogP contribution < -0.4 is 0 Å².